The molecule has 0 spiro atoms. The molecule has 66 heavy (non-hydrogen) atoms. The molecule has 0 aromatic carbocycles. The number of rotatable bonds is 41. The highest BCUT2D eigenvalue weighted by Crippen LogP contribution is 2.23. The van der Waals surface area contributed by atoms with Gasteiger partial charge in [-0.3, -0.25) is 4.79 Å². The monoisotopic (exact) mass is 920 g/mol. The highest BCUT2D eigenvalue weighted by Gasteiger charge is 2.44. The second-order valence-corrected chi connectivity index (χ2v) is 17.2. The molecule has 1 saturated heterocycles. The number of unbranched alkanes of at least 4 members (excludes halogenated alkanes) is 11. The molecular weight excluding hydrogens is 827 g/mol. The number of amides is 1. The fourth-order valence-electron chi connectivity index (χ4n) is 7.25. The summed E-state index contributed by atoms with van der Waals surface area (Å²) in [6, 6.07) is -0.727. The van der Waals surface area contributed by atoms with E-state index in [1.54, 1.807) is 0 Å². The van der Waals surface area contributed by atoms with Gasteiger partial charge in [-0.1, -0.05) is 200 Å². The van der Waals surface area contributed by atoms with E-state index in [1.807, 2.05) is 0 Å². The van der Waals surface area contributed by atoms with Gasteiger partial charge in [0.15, 0.2) is 6.29 Å². The Labute approximate surface area is 401 Å². The molecule has 1 aliphatic heterocycles. The van der Waals surface area contributed by atoms with Crippen molar-refractivity contribution in [2.75, 3.05) is 13.2 Å². The van der Waals surface area contributed by atoms with E-state index < -0.39 is 49.5 Å². The lowest BCUT2D eigenvalue weighted by Crippen LogP contribution is -2.60. The number of nitrogens with one attached hydrogen (secondary N) is 1. The molecule has 1 heterocycles. The van der Waals surface area contributed by atoms with Crippen LogP contribution in [-0.2, 0) is 14.3 Å². The molecule has 0 radical (unpaired) electrons. The third-order valence-corrected chi connectivity index (χ3v) is 11.3. The highest BCUT2D eigenvalue weighted by molar-refractivity contribution is 5.76. The van der Waals surface area contributed by atoms with Crippen LogP contribution in [-0.4, -0.2) is 87.5 Å². The van der Waals surface area contributed by atoms with E-state index in [1.165, 1.54) is 25.7 Å². The van der Waals surface area contributed by atoms with E-state index in [2.05, 4.69) is 141 Å². The minimum absolute atomic E-state index is 0.152. The minimum Gasteiger partial charge on any atom is -0.394 e. The molecule has 0 bridgehead atoms. The molecule has 9 nitrogen and oxygen atoms in total. The third-order valence-electron chi connectivity index (χ3n) is 11.3. The number of hydrogen-bond acceptors (Lipinski definition) is 8. The van der Waals surface area contributed by atoms with E-state index in [9.17, 15) is 30.3 Å². The summed E-state index contributed by atoms with van der Waals surface area (Å²) in [7, 11) is 0. The zero-order chi connectivity index (χ0) is 48.0. The Kier molecular flexibility index (Phi) is 41.7. The Morgan fingerprint density at radius 3 is 1.38 bits per heavy atom. The Bertz CT molecular complexity index is 1440. The summed E-state index contributed by atoms with van der Waals surface area (Å²) in [5.74, 6) is -0.169. The molecule has 0 aromatic rings. The zero-order valence-electron chi connectivity index (χ0n) is 41.1. The SMILES string of the molecule is CC/C=C\C/C=C\C/C=C\C/C=C\C/C=C\C/C=C\C/C=C\C/C=C\C/C=C\C/C=C\CCCCCCCCCCC(=O)NC(COC1OC(CO)C(O)C(O)C1O)C(O)CCCCCC. The minimum atomic E-state index is -1.56. The van der Waals surface area contributed by atoms with Crippen LogP contribution in [0.25, 0.3) is 0 Å². The van der Waals surface area contributed by atoms with Gasteiger partial charge in [0.05, 0.1) is 25.4 Å². The molecule has 1 amide bonds. The molecule has 1 fully saturated rings. The smallest absolute Gasteiger partial charge is 0.220 e. The average Bonchev–Trinajstić information content (AvgIpc) is 3.32. The van der Waals surface area contributed by atoms with Gasteiger partial charge in [-0.05, 0) is 89.9 Å². The van der Waals surface area contributed by atoms with Crippen LogP contribution in [0.4, 0.5) is 0 Å². The van der Waals surface area contributed by atoms with Crippen molar-refractivity contribution in [3.63, 3.8) is 0 Å². The van der Waals surface area contributed by atoms with Crippen molar-refractivity contribution in [3.8, 4) is 0 Å². The largest absolute Gasteiger partial charge is 0.394 e. The van der Waals surface area contributed by atoms with Gasteiger partial charge in [0.1, 0.15) is 24.4 Å². The van der Waals surface area contributed by atoms with Crippen molar-refractivity contribution in [3.05, 3.63) is 122 Å². The zero-order valence-corrected chi connectivity index (χ0v) is 41.1. The van der Waals surface area contributed by atoms with Crippen LogP contribution in [0.1, 0.15) is 174 Å². The topological polar surface area (TPSA) is 149 Å². The number of ether oxygens (including phenoxy) is 2. The molecule has 1 rings (SSSR count). The number of carbonyl (C=O) groups is 1. The molecule has 0 aliphatic carbocycles. The second kappa shape index (κ2) is 45.4. The van der Waals surface area contributed by atoms with Crippen molar-refractivity contribution in [1.29, 1.82) is 0 Å². The summed E-state index contributed by atoms with van der Waals surface area (Å²) in [5.41, 5.74) is 0. The molecule has 374 valence electrons. The first kappa shape index (κ1) is 60.6. The summed E-state index contributed by atoms with van der Waals surface area (Å²) in [6.45, 7) is 3.56. The Hall–Kier alpha value is -3.41. The highest BCUT2D eigenvalue weighted by atomic mass is 16.7. The van der Waals surface area contributed by atoms with E-state index in [0.29, 0.717) is 12.8 Å². The number of hydrogen-bond donors (Lipinski definition) is 6. The number of allylic oxidation sites excluding steroid dienone is 20. The van der Waals surface area contributed by atoms with Crippen molar-refractivity contribution < 1.29 is 39.8 Å². The molecular formula is C57H93NO8. The van der Waals surface area contributed by atoms with E-state index in [0.717, 1.165) is 122 Å². The maximum Gasteiger partial charge on any atom is 0.220 e. The fraction of sp³-hybridized carbons (Fsp3) is 0.632. The summed E-state index contributed by atoms with van der Waals surface area (Å²) < 4.78 is 11.1. The predicted molar refractivity (Wildman–Crippen MR) is 276 cm³/mol. The predicted octanol–water partition coefficient (Wildman–Crippen LogP) is 12.0. The van der Waals surface area contributed by atoms with Gasteiger partial charge in [0.25, 0.3) is 0 Å². The van der Waals surface area contributed by atoms with Crippen molar-refractivity contribution in [1.82, 2.24) is 5.32 Å². The molecule has 0 aromatic heterocycles. The molecule has 7 unspecified atom stereocenters. The fourth-order valence-corrected chi connectivity index (χ4v) is 7.25. The first-order valence-corrected chi connectivity index (χ1v) is 25.7. The van der Waals surface area contributed by atoms with Gasteiger partial charge < -0.3 is 40.3 Å². The van der Waals surface area contributed by atoms with Gasteiger partial charge in [0, 0.05) is 6.42 Å². The molecule has 6 N–H and O–H groups in total. The van der Waals surface area contributed by atoms with Crippen molar-refractivity contribution >= 4 is 5.91 Å². The third kappa shape index (κ3) is 34.8. The Morgan fingerprint density at radius 1 is 0.530 bits per heavy atom. The van der Waals surface area contributed by atoms with Crippen LogP contribution in [0.5, 0.6) is 0 Å². The van der Waals surface area contributed by atoms with E-state index >= 15 is 0 Å². The maximum atomic E-state index is 12.8. The first-order valence-electron chi connectivity index (χ1n) is 25.7. The number of aliphatic hydroxyl groups excluding tert-OH is 5. The van der Waals surface area contributed by atoms with Crippen LogP contribution < -0.4 is 5.32 Å². The Morgan fingerprint density at radius 2 is 0.939 bits per heavy atom. The summed E-state index contributed by atoms with van der Waals surface area (Å²) in [6.07, 6.45) is 61.6. The van der Waals surface area contributed by atoms with Crippen molar-refractivity contribution in [2.24, 2.45) is 0 Å². The lowest BCUT2D eigenvalue weighted by molar-refractivity contribution is -0.302. The van der Waals surface area contributed by atoms with E-state index in [4.69, 9.17) is 9.47 Å². The Balaban J connectivity index is 2.06. The van der Waals surface area contributed by atoms with Crippen LogP contribution in [0.2, 0.25) is 0 Å². The van der Waals surface area contributed by atoms with Crippen molar-refractivity contribution in [2.45, 2.75) is 217 Å². The first-order chi connectivity index (χ1) is 32.3. The van der Waals surface area contributed by atoms with Gasteiger partial charge in [0.2, 0.25) is 5.91 Å². The standard InChI is InChI=1S/C57H93NO8/c1-3-5-7-9-10-11-12-13-14-15-16-17-18-19-20-21-22-23-24-25-26-27-28-29-30-31-32-33-34-35-36-37-38-39-40-41-42-43-45-47-53(61)58-50(51(60)46-44-8-6-4-2)49-65-57-56(64)55(63)54(62)52(48-59)66-57/h5,7,10-11,13-14,16-17,19-20,22-23,25-26,28-29,31-32,34-35,50-52,54-57,59-60,62-64H,3-4,6,8-9,12,15,18,21,24,27,30,33,36-49H2,1-2H3,(H,58,61)/b7-5-,11-10-,14-13-,17-16-,20-19-,23-22-,26-25-,29-28-,32-31-,35-34-. The summed E-state index contributed by atoms with van der Waals surface area (Å²) in [4.78, 5) is 12.8. The quantitative estimate of drug-likeness (QED) is 0.0262. The van der Waals surface area contributed by atoms with Gasteiger partial charge in [-0.15, -0.1) is 0 Å². The normalized spacial score (nSPS) is 20.9. The molecule has 1 aliphatic rings. The maximum absolute atomic E-state index is 12.8. The number of aliphatic hydroxyl groups is 5. The molecule has 7 atom stereocenters. The lowest BCUT2D eigenvalue weighted by Gasteiger charge is -2.40. The molecule has 9 heteroatoms. The lowest BCUT2D eigenvalue weighted by atomic mass is 9.99. The van der Waals surface area contributed by atoms with Gasteiger partial charge in [-0.25, -0.2) is 0 Å². The van der Waals surface area contributed by atoms with E-state index in [-0.39, 0.29) is 12.5 Å². The number of carbonyl (C=O) groups excluding carboxylic acids is 1. The summed E-state index contributed by atoms with van der Waals surface area (Å²) in [5, 5.41) is 53.8. The van der Waals surface area contributed by atoms with Gasteiger partial charge >= 0.3 is 0 Å². The van der Waals surface area contributed by atoms with Crippen LogP contribution in [0.15, 0.2) is 122 Å². The molecule has 0 saturated carbocycles. The van der Waals surface area contributed by atoms with Crippen LogP contribution in [0, 0.1) is 0 Å². The van der Waals surface area contributed by atoms with Crippen LogP contribution in [0.3, 0.4) is 0 Å². The average molecular weight is 920 g/mol. The summed E-state index contributed by atoms with van der Waals surface area (Å²) >= 11 is 0. The van der Waals surface area contributed by atoms with Gasteiger partial charge in [-0.2, -0.15) is 0 Å². The second-order valence-electron chi connectivity index (χ2n) is 17.2. The van der Waals surface area contributed by atoms with Crippen LogP contribution >= 0.6 is 0 Å².